The van der Waals surface area contributed by atoms with Crippen molar-refractivity contribution in [1.82, 2.24) is 9.80 Å². The summed E-state index contributed by atoms with van der Waals surface area (Å²) in [6.07, 6.45) is -2.36. The Kier molecular flexibility index (Phi) is 10.4. The van der Waals surface area contributed by atoms with Crippen LogP contribution in [-0.4, -0.2) is 69.7 Å². The number of ketones is 4. The minimum Gasteiger partial charge on any atom is -0.299 e. The zero-order chi connectivity index (χ0) is 22.0. The highest BCUT2D eigenvalue weighted by Crippen LogP contribution is 2.06. The third-order valence-electron chi connectivity index (χ3n) is 3.35. The first-order valence-corrected chi connectivity index (χ1v) is 8.49. The average molecular weight is 396 g/mol. The van der Waals surface area contributed by atoms with E-state index >= 15 is 0 Å². The zero-order valence-corrected chi connectivity index (χ0v) is 16.4. The fraction of sp³-hybridized carbons (Fsp3) is 0.556. The molecule has 0 aromatic rings. The molecule has 0 spiro atoms. The monoisotopic (exact) mass is 396 g/mol. The fourth-order valence-electron chi connectivity index (χ4n) is 2.21. The molecular formula is C18H24N2O8. The highest BCUT2D eigenvalue weighted by Gasteiger charge is 2.28. The number of imide groups is 2. The van der Waals surface area contributed by atoms with Crippen LogP contribution in [0.15, 0.2) is 0 Å². The van der Waals surface area contributed by atoms with Crippen molar-refractivity contribution in [2.24, 2.45) is 0 Å². The number of hydrogen-bond donors (Lipinski definition) is 0. The molecule has 0 aromatic heterocycles. The zero-order valence-electron chi connectivity index (χ0n) is 16.4. The van der Waals surface area contributed by atoms with E-state index < -0.39 is 85.5 Å². The summed E-state index contributed by atoms with van der Waals surface area (Å²) >= 11 is 0. The van der Waals surface area contributed by atoms with Gasteiger partial charge in [0.1, 0.15) is 23.1 Å². The van der Waals surface area contributed by atoms with E-state index in [4.69, 9.17) is 0 Å². The number of Topliss-reactive ketones (excluding diaryl/α,β-unsaturated/α-hetero) is 4. The molecule has 0 atom stereocenters. The third-order valence-corrected chi connectivity index (χ3v) is 3.35. The van der Waals surface area contributed by atoms with E-state index in [1.54, 1.807) is 0 Å². The lowest BCUT2D eigenvalue weighted by atomic mass is 10.2. The van der Waals surface area contributed by atoms with E-state index in [2.05, 4.69) is 0 Å². The molecule has 10 heteroatoms. The van der Waals surface area contributed by atoms with Crippen LogP contribution >= 0.6 is 0 Å². The number of nitrogens with zero attached hydrogens (tertiary/aromatic N) is 2. The Hall–Kier alpha value is -3.04. The molecule has 4 amide bonds. The Balaban J connectivity index is 5.51. The molecule has 0 aliphatic rings. The maximum Gasteiger partial charge on any atom is 0.236 e. The van der Waals surface area contributed by atoms with Crippen LogP contribution in [0.4, 0.5) is 0 Å². The maximum absolute atomic E-state index is 12.2. The van der Waals surface area contributed by atoms with Gasteiger partial charge in [-0.1, -0.05) is 0 Å². The van der Waals surface area contributed by atoms with E-state index in [0.29, 0.717) is 9.80 Å². The first kappa shape index (κ1) is 25.0. The number of amides is 4. The van der Waals surface area contributed by atoms with Crippen LogP contribution in [0, 0.1) is 0 Å². The lowest BCUT2D eigenvalue weighted by molar-refractivity contribution is -0.152. The van der Waals surface area contributed by atoms with Gasteiger partial charge in [0, 0.05) is 13.1 Å². The van der Waals surface area contributed by atoms with E-state index in [1.165, 1.54) is 0 Å². The van der Waals surface area contributed by atoms with E-state index in [0.717, 1.165) is 27.7 Å². The summed E-state index contributed by atoms with van der Waals surface area (Å²) in [5.74, 6) is -5.56. The van der Waals surface area contributed by atoms with Gasteiger partial charge in [-0.2, -0.15) is 0 Å². The van der Waals surface area contributed by atoms with Crippen LogP contribution in [0.5, 0.6) is 0 Å². The topological polar surface area (TPSA) is 143 Å². The molecule has 0 saturated heterocycles. The van der Waals surface area contributed by atoms with Gasteiger partial charge in [0.05, 0.1) is 25.7 Å². The molecule has 28 heavy (non-hydrogen) atoms. The number of carbonyl (C=O) groups excluding carboxylic acids is 8. The molecule has 0 aliphatic carbocycles. The van der Waals surface area contributed by atoms with Crippen LogP contribution < -0.4 is 0 Å². The Labute approximate surface area is 162 Å². The van der Waals surface area contributed by atoms with E-state index in [1.807, 2.05) is 0 Å². The summed E-state index contributed by atoms with van der Waals surface area (Å²) < 4.78 is 0. The summed E-state index contributed by atoms with van der Waals surface area (Å²) in [5, 5.41) is 0. The van der Waals surface area contributed by atoms with Crippen molar-refractivity contribution in [3.8, 4) is 0 Å². The molecule has 0 bridgehead atoms. The van der Waals surface area contributed by atoms with Gasteiger partial charge in [-0.25, -0.2) is 0 Å². The Bertz CT molecular complexity index is 594. The number of hydrogen-bond acceptors (Lipinski definition) is 8. The first-order chi connectivity index (χ1) is 12.8. The van der Waals surface area contributed by atoms with Crippen molar-refractivity contribution in [3.05, 3.63) is 0 Å². The second kappa shape index (κ2) is 11.6. The van der Waals surface area contributed by atoms with E-state index in [9.17, 15) is 38.4 Å². The Morgan fingerprint density at radius 3 is 0.750 bits per heavy atom. The molecule has 0 rings (SSSR count). The maximum atomic E-state index is 12.2. The molecule has 0 aromatic carbocycles. The molecule has 0 unspecified atom stereocenters. The minimum absolute atomic E-state index is 0.467. The molecule has 0 saturated carbocycles. The molecule has 0 heterocycles. The van der Waals surface area contributed by atoms with Gasteiger partial charge < -0.3 is 0 Å². The fourth-order valence-corrected chi connectivity index (χ4v) is 2.21. The molecular weight excluding hydrogens is 372 g/mol. The van der Waals surface area contributed by atoms with Crippen molar-refractivity contribution in [2.75, 3.05) is 13.1 Å². The Morgan fingerprint density at radius 1 is 0.429 bits per heavy atom. The molecule has 0 radical (unpaired) electrons. The lowest BCUT2D eigenvalue weighted by Crippen LogP contribution is -2.47. The van der Waals surface area contributed by atoms with Crippen molar-refractivity contribution in [3.63, 3.8) is 0 Å². The summed E-state index contributed by atoms with van der Waals surface area (Å²) in [6.45, 7) is 3.64. The van der Waals surface area contributed by atoms with Crippen LogP contribution in [0.3, 0.4) is 0 Å². The van der Waals surface area contributed by atoms with Crippen molar-refractivity contribution in [1.29, 1.82) is 0 Å². The van der Waals surface area contributed by atoms with Crippen LogP contribution in [0.2, 0.25) is 0 Å². The van der Waals surface area contributed by atoms with Gasteiger partial charge in [-0.15, -0.1) is 0 Å². The molecule has 10 nitrogen and oxygen atoms in total. The van der Waals surface area contributed by atoms with E-state index in [-0.39, 0.29) is 0 Å². The summed E-state index contributed by atoms with van der Waals surface area (Å²) in [4.78, 5) is 94.6. The highest BCUT2D eigenvalue weighted by atomic mass is 16.2. The number of carbonyl (C=O) groups is 8. The normalized spacial score (nSPS) is 10.0. The van der Waals surface area contributed by atoms with Gasteiger partial charge in [0.15, 0.2) is 0 Å². The minimum atomic E-state index is -0.878. The highest BCUT2D eigenvalue weighted by molar-refractivity contribution is 6.09. The average Bonchev–Trinajstić information content (AvgIpc) is 2.47. The number of rotatable bonds is 11. The largest absolute Gasteiger partial charge is 0.299 e. The molecule has 0 N–H and O–H groups in total. The van der Waals surface area contributed by atoms with Crippen molar-refractivity contribution in [2.45, 2.75) is 53.4 Å². The predicted octanol–water partition coefficient (Wildman–Crippen LogP) is -0.387. The summed E-state index contributed by atoms with van der Waals surface area (Å²) in [6, 6.07) is 0. The molecule has 0 aliphatic heterocycles. The van der Waals surface area contributed by atoms with Crippen LogP contribution in [0.1, 0.15) is 53.4 Å². The summed E-state index contributed by atoms with van der Waals surface area (Å²) in [7, 11) is 0. The van der Waals surface area contributed by atoms with Gasteiger partial charge >= 0.3 is 0 Å². The SMILES string of the molecule is CC(=O)CC(=O)N(CCN(C(=O)CC(C)=O)C(=O)CC(C)=O)C(=O)CC(C)=O. The third kappa shape index (κ3) is 9.60. The van der Waals surface area contributed by atoms with Crippen LogP contribution in [0.25, 0.3) is 0 Å². The molecule has 0 fully saturated rings. The lowest BCUT2D eigenvalue weighted by Gasteiger charge is -2.25. The standard InChI is InChI=1S/C18H24N2O8/c1-11(21)7-15(25)19(16(26)8-12(2)22)5-6-20(17(27)9-13(3)23)18(28)10-14(4)24/h5-10H2,1-4H3. The summed E-state index contributed by atoms with van der Waals surface area (Å²) in [5.41, 5.74) is 0. The Morgan fingerprint density at radius 2 is 0.607 bits per heavy atom. The van der Waals surface area contributed by atoms with Crippen molar-refractivity contribution >= 4 is 46.8 Å². The molecule has 154 valence electrons. The smallest absolute Gasteiger partial charge is 0.236 e. The quantitative estimate of drug-likeness (QED) is 0.430. The second-order valence-corrected chi connectivity index (χ2v) is 6.39. The first-order valence-electron chi connectivity index (χ1n) is 8.49. The predicted molar refractivity (Wildman–Crippen MR) is 94.6 cm³/mol. The second-order valence-electron chi connectivity index (χ2n) is 6.39. The van der Waals surface area contributed by atoms with Gasteiger partial charge in [-0.05, 0) is 27.7 Å². The van der Waals surface area contributed by atoms with Crippen LogP contribution in [-0.2, 0) is 38.4 Å². The van der Waals surface area contributed by atoms with Gasteiger partial charge in [0.25, 0.3) is 0 Å². The van der Waals surface area contributed by atoms with Crippen molar-refractivity contribution < 1.29 is 38.4 Å². The van der Waals surface area contributed by atoms with Gasteiger partial charge in [-0.3, -0.25) is 48.2 Å². The van der Waals surface area contributed by atoms with Gasteiger partial charge in [0.2, 0.25) is 23.6 Å².